The van der Waals surface area contributed by atoms with Gasteiger partial charge in [-0.2, -0.15) is 5.10 Å². The van der Waals surface area contributed by atoms with Gasteiger partial charge in [-0.15, -0.1) is 5.10 Å². The molecule has 0 aliphatic carbocycles. The van der Waals surface area contributed by atoms with Crippen LogP contribution in [0.1, 0.15) is 50.8 Å². The highest BCUT2D eigenvalue weighted by atomic mass is 16.5. The molecule has 2 heterocycles. The van der Waals surface area contributed by atoms with Crippen LogP contribution in [0.2, 0.25) is 0 Å². The molecule has 0 aromatic carbocycles. The van der Waals surface area contributed by atoms with Crippen LogP contribution in [-0.2, 0) is 4.74 Å². The molecular weight excluding hydrogens is 254 g/mol. The summed E-state index contributed by atoms with van der Waals surface area (Å²) in [5.41, 5.74) is 0.984. The maximum atomic E-state index is 5.70. The van der Waals surface area contributed by atoms with Gasteiger partial charge in [-0.25, -0.2) is 0 Å². The molecule has 0 spiro atoms. The van der Waals surface area contributed by atoms with Gasteiger partial charge in [-0.05, 0) is 44.7 Å². The Labute approximate surface area is 121 Å². The number of hydrogen-bond donors (Lipinski definition) is 1. The van der Waals surface area contributed by atoms with E-state index in [9.17, 15) is 0 Å². The van der Waals surface area contributed by atoms with Crippen LogP contribution in [0.4, 0.5) is 0 Å². The lowest BCUT2D eigenvalue weighted by Crippen LogP contribution is -2.24. The average Bonchev–Trinajstić information content (AvgIpc) is 3.01. The molecule has 1 aliphatic rings. The SMILES string of the molecule is CCCNC(CCC1CCCO1)c1ccc(OC)nn1. The van der Waals surface area contributed by atoms with Crippen molar-refractivity contribution in [2.75, 3.05) is 20.3 Å². The van der Waals surface area contributed by atoms with Crippen LogP contribution in [0.15, 0.2) is 12.1 Å². The molecule has 2 atom stereocenters. The van der Waals surface area contributed by atoms with E-state index in [1.807, 2.05) is 12.1 Å². The summed E-state index contributed by atoms with van der Waals surface area (Å²) in [7, 11) is 1.61. The molecular formula is C15H25N3O2. The zero-order chi connectivity index (χ0) is 14.2. The number of ether oxygens (including phenoxy) is 2. The maximum absolute atomic E-state index is 5.70. The quantitative estimate of drug-likeness (QED) is 0.792. The van der Waals surface area contributed by atoms with Gasteiger partial charge in [0.25, 0.3) is 0 Å². The third-order valence-electron chi connectivity index (χ3n) is 3.67. The molecule has 112 valence electrons. The summed E-state index contributed by atoms with van der Waals surface area (Å²) < 4.78 is 10.8. The Morgan fingerprint density at radius 2 is 2.35 bits per heavy atom. The third-order valence-corrected chi connectivity index (χ3v) is 3.67. The standard InChI is InChI=1S/C15H25N3O2/c1-3-10-16-13(7-6-12-5-4-11-20-12)14-8-9-15(19-2)18-17-14/h8-9,12-13,16H,3-7,10-11H2,1-2H3. The van der Waals surface area contributed by atoms with Gasteiger partial charge in [0, 0.05) is 12.7 Å². The van der Waals surface area contributed by atoms with E-state index in [2.05, 4.69) is 22.4 Å². The fourth-order valence-corrected chi connectivity index (χ4v) is 2.52. The lowest BCUT2D eigenvalue weighted by molar-refractivity contribution is 0.0994. The van der Waals surface area contributed by atoms with E-state index in [-0.39, 0.29) is 6.04 Å². The normalized spacial score (nSPS) is 20.0. The third kappa shape index (κ3) is 4.42. The van der Waals surface area contributed by atoms with Crippen molar-refractivity contribution in [1.82, 2.24) is 15.5 Å². The molecule has 0 saturated carbocycles. The van der Waals surface area contributed by atoms with Crippen LogP contribution in [-0.4, -0.2) is 36.6 Å². The van der Waals surface area contributed by atoms with E-state index in [0.29, 0.717) is 12.0 Å². The lowest BCUT2D eigenvalue weighted by Gasteiger charge is -2.19. The van der Waals surface area contributed by atoms with Gasteiger partial charge < -0.3 is 14.8 Å². The minimum Gasteiger partial charge on any atom is -0.480 e. The topological polar surface area (TPSA) is 56.3 Å². The van der Waals surface area contributed by atoms with E-state index in [4.69, 9.17) is 9.47 Å². The second-order valence-electron chi connectivity index (χ2n) is 5.22. The smallest absolute Gasteiger partial charge is 0.233 e. The van der Waals surface area contributed by atoms with Gasteiger partial charge in [0.2, 0.25) is 5.88 Å². The Morgan fingerprint density at radius 1 is 1.45 bits per heavy atom. The molecule has 5 heteroatoms. The molecule has 20 heavy (non-hydrogen) atoms. The van der Waals surface area contributed by atoms with Gasteiger partial charge >= 0.3 is 0 Å². The highest BCUT2D eigenvalue weighted by Gasteiger charge is 2.19. The summed E-state index contributed by atoms with van der Waals surface area (Å²) >= 11 is 0. The fourth-order valence-electron chi connectivity index (χ4n) is 2.52. The van der Waals surface area contributed by atoms with Crippen molar-refractivity contribution in [3.8, 4) is 5.88 Å². The molecule has 2 unspecified atom stereocenters. The summed E-state index contributed by atoms with van der Waals surface area (Å²) in [4.78, 5) is 0. The average molecular weight is 279 g/mol. The van der Waals surface area contributed by atoms with Gasteiger partial charge in [-0.1, -0.05) is 6.92 Å². The summed E-state index contributed by atoms with van der Waals surface area (Å²) in [5, 5.41) is 11.9. The lowest BCUT2D eigenvalue weighted by atomic mass is 10.0. The Hall–Kier alpha value is -1.20. The van der Waals surface area contributed by atoms with E-state index in [0.717, 1.165) is 38.1 Å². The Morgan fingerprint density at radius 3 is 2.95 bits per heavy atom. The summed E-state index contributed by atoms with van der Waals surface area (Å²) in [6, 6.07) is 4.11. The first kappa shape index (κ1) is 15.2. The molecule has 0 bridgehead atoms. The maximum Gasteiger partial charge on any atom is 0.233 e. The molecule has 1 aromatic rings. The van der Waals surface area contributed by atoms with Crippen LogP contribution in [0, 0.1) is 0 Å². The van der Waals surface area contributed by atoms with E-state index < -0.39 is 0 Å². The van der Waals surface area contributed by atoms with Crippen LogP contribution in [0.25, 0.3) is 0 Å². The Balaban J connectivity index is 1.93. The molecule has 5 nitrogen and oxygen atoms in total. The number of rotatable bonds is 8. The van der Waals surface area contributed by atoms with Gasteiger partial charge in [0.05, 0.1) is 24.9 Å². The molecule has 0 amide bonds. The van der Waals surface area contributed by atoms with Crippen LogP contribution in [0.5, 0.6) is 5.88 Å². The molecule has 1 N–H and O–H groups in total. The number of aromatic nitrogens is 2. The van der Waals surface area contributed by atoms with Crippen molar-refractivity contribution in [2.45, 2.75) is 51.2 Å². The van der Waals surface area contributed by atoms with E-state index in [1.54, 1.807) is 7.11 Å². The first-order valence-corrected chi connectivity index (χ1v) is 7.56. The minimum atomic E-state index is 0.248. The predicted molar refractivity (Wildman–Crippen MR) is 77.8 cm³/mol. The minimum absolute atomic E-state index is 0.248. The van der Waals surface area contributed by atoms with E-state index >= 15 is 0 Å². The predicted octanol–water partition coefficient (Wildman–Crippen LogP) is 2.49. The van der Waals surface area contributed by atoms with Crippen molar-refractivity contribution < 1.29 is 9.47 Å². The van der Waals surface area contributed by atoms with Crippen molar-refractivity contribution in [3.05, 3.63) is 17.8 Å². The number of methoxy groups -OCH3 is 1. The highest BCUT2D eigenvalue weighted by molar-refractivity contribution is 5.14. The van der Waals surface area contributed by atoms with Gasteiger partial charge in [-0.3, -0.25) is 0 Å². The first-order chi connectivity index (χ1) is 9.83. The monoisotopic (exact) mass is 279 g/mol. The zero-order valence-corrected chi connectivity index (χ0v) is 12.5. The molecule has 1 aliphatic heterocycles. The Kier molecular flexibility index (Phi) is 6.21. The van der Waals surface area contributed by atoms with Crippen molar-refractivity contribution in [2.24, 2.45) is 0 Å². The summed E-state index contributed by atoms with van der Waals surface area (Å²) in [6.45, 7) is 4.08. The van der Waals surface area contributed by atoms with Crippen LogP contribution >= 0.6 is 0 Å². The molecule has 1 fully saturated rings. The van der Waals surface area contributed by atoms with Crippen LogP contribution in [0.3, 0.4) is 0 Å². The molecule has 0 radical (unpaired) electrons. The van der Waals surface area contributed by atoms with Crippen LogP contribution < -0.4 is 10.1 Å². The summed E-state index contributed by atoms with van der Waals surface area (Å²) in [6.07, 6.45) is 6.03. The largest absolute Gasteiger partial charge is 0.480 e. The van der Waals surface area contributed by atoms with Gasteiger partial charge in [0.1, 0.15) is 0 Å². The fraction of sp³-hybridized carbons (Fsp3) is 0.733. The van der Waals surface area contributed by atoms with Gasteiger partial charge in [0.15, 0.2) is 0 Å². The zero-order valence-electron chi connectivity index (χ0n) is 12.5. The van der Waals surface area contributed by atoms with Crippen molar-refractivity contribution >= 4 is 0 Å². The molecule has 2 rings (SSSR count). The highest BCUT2D eigenvalue weighted by Crippen LogP contribution is 2.23. The number of nitrogens with one attached hydrogen (secondary N) is 1. The first-order valence-electron chi connectivity index (χ1n) is 7.56. The molecule has 1 aromatic heterocycles. The number of hydrogen-bond acceptors (Lipinski definition) is 5. The second kappa shape index (κ2) is 8.17. The summed E-state index contributed by atoms with van der Waals surface area (Å²) in [5.74, 6) is 0.558. The second-order valence-corrected chi connectivity index (χ2v) is 5.22. The molecule has 1 saturated heterocycles. The van der Waals surface area contributed by atoms with Crippen molar-refractivity contribution in [3.63, 3.8) is 0 Å². The van der Waals surface area contributed by atoms with Crippen molar-refractivity contribution in [1.29, 1.82) is 0 Å². The Bertz CT molecular complexity index is 377. The van der Waals surface area contributed by atoms with E-state index in [1.165, 1.54) is 12.8 Å². The number of nitrogens with zero attached hydrogens (tertiary/aromatic N) is 2.